The molecule has 2 heterocycles. The fourth-order valence-electron chi connectivity index (χ4n) is 3.04. The fraction of sp³-hybridized carbons (Fsp3) is 0.0435. The van der Waals surface area contributed by atoms with E-state index in [9.17, 15) is 30.8 Å². The van der Waals surface area contributed by atoms with Gasteiger partial charge in [0, 0.05) is 5.56 Å². The highest BCUT2D eigenvalue weighted by Crippen LogP contribution is 2.27. The average Bonchev–Trinajstić information content (AvgIpc) is 3.57. The molecular weight excluding hydrogens is 564 g/mol. The Bertz CT molecular complexity index is 1550. The highest BCUT2D eigenvalue weighted by Gasteiger charge is 2.21. The smallest absolute Gasteiger partial charge is 0.338 e. The molecule has 0 saturated heterocycles. The number of ketones is 1. The topological polar surface area (TPSA) is 136 Å². The summed E-state index contributed by atoms with van der Waals surface area (Å²) in [5.74, 6) is -2.14. The Morgan fingerprint density at radius 2 is 1.27 bits per heavy atom. The average molecular weight is 581 g/mol. The molecule has 4 rings (SSSR count). The molecular formula is C23H17FN2O7S4. The summed E-state index contributed by atoms with van der Waals surface area (Å²) in [4.78, 5) is 25.0. The highest BCUT2D eigenvalue weighted by atomic mass is 32.3. The molecule has 0 aliphatic rings. The number of hydrogen-bond donors (Lipinski definition) is 2. The lowest BCUT2D eigenvalue weighted by molar-refractivity contribution is 0.0475. The zero-order valence-electron chi connectivity index (χ0n) is 18.6. The molecule has 0 fully saturated rings. The van der Waals surface area contributed by atoms with Crippen LogP contribution in [0.3, 0.4) is 0 Å². The van der Waals surface area contributed by atoms with Crippen LogP contribution in [-0.4, -0.2) is 35.2 Å². The summed E-state index contributed by atoms with van der Waals surface area (Å²) in [7, 11) is -8.05. The summed E-state index contributed by atoms with van der Waals surface area (Å²) >= 11 is 1.94. The Morgan fingerprint density at radius 3 is 1.73 bits per heavy atom. The van der Waals surface area contributed by atoms with Crippen molar-refractivity contribution in [1.29, 1.82) is 0 Å². The van der Waals surface area contributed by atoms with Crippen LogP contribution in [0.15, 0.2) is 85.9 Å². The first kappa shape index (κ1) is 26.5. The summed E-state index contributed by atoms with van der Waals surface area (Å²) in [6.45, 7) is -0.675. The first-order chi connectivity index (χ1) is 17.5. The van der Waals surface area contributed by atoms with E-state index in [1.54, 1.807) is 22.9 Å². The van der Waals surface area contributed by atoms with Gasteiger partial charge in [0.15, 0.2) is 12.4 Å². The molecule has 0 spiro atoms. The monoisotopic (exact) mass is 580 g/mol. The molecule has 9 nitrogen and oxygen atoms in total. The van der Waals surface area contributed by atoms with Crippen molar-refractivity contribution in [3.05, 3.63) is 94.4 Å². The molecule has 0 unspecified atom stereocenters. The van der Waals surface area contributed by atoms with Crippen molar-refractivity contribution in [2.24, 2.45) is 0 Å². The number of thiophene rings is 2. The van der Waals surface area contributed by atoms with Gasteiger partial charge in [0.1, 0.15) is 14.2 Å². The van der Waals surface area contributed by atoms with Gasteiger partial charge in [0.05, 0.1) is 16.9 Å². The van der Waals surface area contributed by atoms with Crippen molar-refractivity contribution in [2.75, 3.05) is 16.1 Å². The van der Waals surface area contributed by atoms with E-state index in [0.717, 1.165) is 46.9 Å². The molecule has 2 N–H and O–H groups in total. The van der Waals surface area contributed by atoms with Crippen LogP contribution in [0.1, 0.15) is 20.7 Å². The first-order valence-electron chi connectivity index (χ1n) is 10.3. The second-order valence-corrected chi connectivity index (χ2v) is 13.1. The molecule has 0 aliphatic heterocycles. The largest absolute Gasteiger partial charge is 0.454 e. The van der Waals surface area contributed by atoms with Crippen LogP contribution in [0.25, 0.3) is 0 Å². The van der Waals surface area contributed by atoms with Crippen LogP contribution in [0.5, 0.6) is 0 Å². The summed E-state index contributed by atoms with van der Waals surface area (Å²) in [6.07, 6.45) is 0. The Morgan fingerprint density at radius 1 is 0.757 bits per heavy atom. The van der Waals surface area contributed by atoms with Crippen molar-refractivity contribution in [3.63, 3.8) is 0 Å². The standard InChI is InChI=1S/C23H17FN2O7S4/c24-17-7-5-15(6-8-17)20(27)14-33-23(28)16-11-18(25-36(29,30)21-3-1-9-34-21)13-19(12-16)26-37(31,32)22-4-2-10-35-22/h1-13,25-26H,14H2. The maximum atomic E-state index is 13.1. The van der Waals surface area contributed by atoms with Gasteiger partial charge in [-0.15, -0.1) is 22.7 Å². The van der Waals surface area contributed by atoms with Gasteiger partial charge in [-0.3, -0.25) is 14.2 Å². The second-order valence-electron chi connectivity index (χ2n) is 7.38. The first-order valence-corrected chi connectivity index (χ1v) is 15.0. The van der Waals surface area contributed by atoms with E-state index < -0.39 is 44.2 Å². The van der Waals surface area contributed by atoms with Crippen LogP contribution in [0.2, 0.25) is 0 Å². The number of sulfonamides is 2. The summed E-state index contributed by atoms with van der Waals surface area (Å²) < 4.78 is 73.6. The predicted octanol–water partition coefficient (Wildman–Crippen LogP) is 4.59. The minimum absolute atomic E-state index is 0.00564. The maximum absolute atomic E-state index is 13.1. The number of halogens is 1. The van der Waals surface area contributed by atoms with E-state index in [-0.39, 0.29) is 30.9 Å². The normalized spacial score (nSPS) is 11.6. The molecule has 192 valence electrons. The number of benzene rings is 2. The van der Waals surface area contributed by atoms with Gasteiger partial charge in [-0.1, -0.05) is 12.1 Å². The van der Waals surface area contributed by atoms with Crippen molar-refractivity contribution in [2.45, 2.75) is 8.42 Å². The van der Waals surface area contributed by atoms with Crippen molar-refractivity contribution in [1.82, 2.24) is 0 Å². The van der Waals surface area contributed by atoms with Crippen LogP contribution in [0, 0.1) is 5.82 Å². The number of ether oxygens (including phenoxy) is 1. The Labute approximate surface area is 219 Å². The molecule has 0 radical (unpaired) electrons. The van der Waals surface area contributed by atoms with Crippen LogP contribution >= 0.6 is 22.7 Å². The van der Waals surface area contributed by atoms with E-state index in [1.807, 2.05) is 0 Å². The molecule has 0 atom stereocenters. The van der Waals surface area contributed by atoms with Gasteiger partial charge in [-0.05, 0) is 65.4 Å². The highest BCUT2D eigenvalue weighted by molar-refractivity contribution is 7.95. The molecule has 2 aromatic heterocycles. The van der Waals surface area contributed by atoms with Gasteiger partial charge < -0.3 is 4.74 Å². The number of Topliss-reactive ketones (excluding diaryl/α,β-unsaturated/α-hetero) is 1. The van der Waals surface area contributed by atoms with E-state index in [4.69, 9.17) is 4.74 Å². The third-order valence-corrected chi connectivity index (χ3v) is 10.3. The Balaban J connectivity index is 1.61. The zero-order chi connectivity index (χ0) is 26.6. The van der Waals surface area contributed by atoms with Crippen LogP contribution in [0.4, 0.5) is 15.8 Å². The Kier molecular flexibility index (Phi) is 7.73. The number of anilines is 2. The lowest BCUT2D eigenvalue weighted by Gasteiger charge is -2.13. The fourth-order valence-corrected chi connectivity index (χ4v) is 7.11. The van der Waals surface area contributed by atoms with Gasteiger partial charge in [0.25, 0.3) is 20.0 Å². The van der Waals surface area contributed by atoms with E-state index in [0.29, 0.717) is 0 Å². The number of hydrogen-bond acceptors (Lipinski definition) is 9. The van der Waals surface area contributed by atoms with Gasteiger partial charge in [-0.25, -0.2) is 26.0 Å². The molecule has 0 saturated carbocycles. The molecule has 4 aromatic rings. The summed E-state index contributed by atoms with van der Waals surface area (Å²) in [6, 6.07) is 14.0. The summed E-state index contributed by atoms with van der Waals surface area (Å²) in [5.41, 5.74) is -0.327. The maximum Gasteiger partial charge on any atom is 0.338 e. The number of nitrogens with one attached hydrogen (secondary N) is 2. The van der Waals surface area contributed by atoms with Crippen molar-refractivity contribution < 1.29 is 35.6 Å². The minimum Gasteiger partial charge on any atom is -0.454 e. The number of esters is 1. The molecule has 2 aromatic carbocycles. The lowest BCUT2D eigenvalue weighted by Crippen LogP contribution is -2.17. The van der Waals surface area contributed by atoms with Crippen LogP contribution in [-0.2, 0) is 24.8 Å². The molecule has 14 heteroatoms. The van der Waals surface area contributed by atoms with Crippen LogP contribution < -0.4 is 9.44 Å². The van der Waals surface area contributed by atoms with Gasteiger partial charge in [-0.2, -0.15) is 0 Å². The Hall–Kier alpha value is -3.59. The van der Waals surface area contributed by atoms with Crippen molar-refractivity contribution >= 4 is 65.8 Å². The van der Waals surface area contributed by atoms with Gasteiger partial charge in [0.2, 0.25) is 0 Å². The lowest BCUT2D eigenvalue weighted by atomic mass is 10.1. The van der Waals surface area contributed by atoms with Gasteiger partial charge >= 0.3 is 5.97 Å². The quantitative estimate of drug-likeness (QED) is 0.207. The SMILES string of the molecule is O=C(COC(=O)c1cc(NS(=O)(=O)c2cccs2)cc(NS(=O)(=O)c2cccs2)c1)c1ccc(F)cc1. The van der Waals surface area contributed by atoms with E-state index in [1.165, 1.54) is 30.3 Å². The molecule has 37 heavy (non-hydrogen) atoms. The zero-order valence-corrected chi connectivity index (χ0v) is 21.8. The number of rotatable bonds is 10. The summed E-state index contributed by atoms with van der Waals surface area (Å²) in [5, 5.41) is 3.14. The molecule has 0 amide bonds. The third-order valence-electron chi connectivity index (χ3n) is 4.69. The van der Waals surface area contributed by atoms with Crippen molar-refractivity contribution in [3.8, 4) is 0 Å². The third kappa shape index (κ3) is 6.60. The van der Waals surface area contributed by atoms with E-state index >= 15 is 0 Å². The second kappa shape index (κ2) is 10.8. The van der Waals surface area contributed by atoms with E-state index in [2.05, 4.69) is 9.44 Å². The number of carbonyl (C=O) groups excluding carboxylic acids is 2. The number of carbonyl (C=O) groups is 2. The minimum atomic E-state index is -4.02. The molecule has 0 bridgehead atoms. The predicted molar refractivity (Wildman–Crippen MR) is 138 cm³/mol. The molecule has 0 aliphatic carbocycles.